The van der Waals surface area contributed by atoms with Crippen molar-refractivity contribution in [1.82, 2.24) is 0 Å². The van der Waals surface area contributed by atoms with E-state index in [1.54, 1.807) is 0 Å². The van der Waals surface area contributed by atoms with E-state index in [9.17, 15) is 23.8 Å². The molecule has 3 atom stereocenters. The van der Waals surface area contributed by atoms with Crippen LogP contribution in [0.4, 0.5) is 0 Å². The second-order valence-corrected chi connectivity index (χ2v) is 15.2. The topological polar surface area (TPSA) is 172 Å². The number of ether oxygens (including phenoxy) is 2. The average molecular weight is 808 g/mol. The lowest BCUT2D eigenvalue weighted by atomic mass is 10.1. The number of rotatable bonds is 38. The molecule has 0 aliphatic heterocycles. The molecule has 0 aliphatic rings. The van der Waals surface area contributed by atoms with Crippen molar-refractivity contribution in [2.45, 2.75) is 167 Å². The van der Waals surface area contributed by atoms with Gasteiger partial charge in [0.15, 0.2) is 6.10 Å². The van der Waals surface area contributed by atoms with Crippen molar-refractivity contribution in [3.63, 3.8) is 0 Å². The van der Waals surface area contributed by atoms with E-state index in [1.807, 2.05) is 18.2 Å². The number of carbonyl (C=O) groups is 3. The van der Waals surface area contributed by atoms with E-state index >= 15 is 0 Å². The molecular weight excluding hydrogens is 733 g/mol. The van der Waals surface area contributed by atoms with Crippen LogP contribution < -0.4 is 5.73 Å². The Morgan fingerprint density at radius 1 is 0.571 bits per heavy atom. The summed E-state index contributed by atoms with van der Waals surface area (Å²) in [7, 11) is -4.74. The van der Waals surface area contributed by atoms with Crippen molar-refractivity contribution in [2.24, 2.45) is 5.73 Å². The predicted molar refractivity (Wildman–Crippen MR) is 226 cm³/mol. The Balaban J connectivity index is 4.54. The number of hydrogen-bond donors (Lipinski definition) is 3. The number of allylic oxidation sites excluding steroid dienone is 12. The highest BCUT2D eigenvalue weighted by Crippen LogP contribution is 2.43. The lowest BCUT2D eigenvalue weighted by molar-refractivity contribution is -0.161. The van der Waals surface area contributed by atoms with Gasteiger partial charge in [0.25, 0.3) is 0 Å². The molecule has 0 spiro atoms. The summed E-state index contributed by atoms with van der Waals surface area (Å²) in [6.07, 6.45) is 45.6. The third kappa shape index (κ3) is 37.8. The molecule has 0 heterocycles. The van der Waals surface area contributed by atoms with Crippen LogP contribution >= 0.6 is 7.82 Å². The van der Waals surface area contributed by atoms with Gasteiger partial charge in [-0.1, -0.05) is 151 Å². The average Bonchev–Trinajstić information content (AvgIpc) is 3.17. The minimum atomic E-state index is -4.74. The van der Waals surface area contributed by atoms with Gasteiger partial charge in [-0.3, -0.25) is 23.4 Å². The molecule has 0 saturated carbocycles. The van der Waals surface area contributed by atoms with Gasteiger partial charge in [-0.15, -0.1) is 0 Å². The molecule has 0 aromatic rings. The molecule has 0 rings (SSSR count). The molecule has 0 saturated heterocycles. The number of phosphoric ester groups is 1. The second kappa shape index (κ2) is 38.8. The highest BCUT2D eigenvalue weighted by Gasteiger charge is 2.28. The Morgan fingerprint density at radius 2 is 1.04 bits per heavy atom. The summed E-state index contributed by atoms with van der Waals surface area (Å²) in [4.78, 5) is 45.8. The number of aliphatic carboxylic acids is 1. The second-order valence-electron chi connectivity index (χ2n) is 13.7. The molecule has 0 amide bonds. The summed E-state index contributed by atoms with van der Waals surface area (Å²) < 4.78 is 32.5. The van der Waals surface area contributed by atoms with Crippen LogP contribution in [0.2, 0.25) is 0 Å². The number of phosphoric acid groups is 1. The first-order chi connectivity index (χ1) is 27.1. The highest BCUT2D eigenvalue weighted by molar-refractivity contribution is 7.47. The molecule has 0 bridgehead atoms. The number of nitrogens with two attached hydrogens (primary N) is 1. The third-order valence-electron chi connectivity index (χ3n) is 8.45. The summed E-state index contributed by atoms with van der Waals surface area (Å²) in [5.41, 5.74) is 5.32. The highest BCUT2D eigenvalue weighted by atomic mass is 31.2. The fourth-order valence-electron chi connectivity index (χ4n) is 5.18. The zero-order chi connectivity index (χ0) is 41.4. The largest absolute Gasteiger partial charge is 0.480 e. The number of unbranched alkanes of at least 4 members (excludes halogenated alkanes) is 12. The van der Waals surface area contributed by atoms with Gasteiger partial charge in [0, 0.05) is 12.8 Å². The lowest BCUT2D eigenvalue weighted by Gasteiger charge is -2.20. The number of esters is 2. The van der Waals surface area contributed by atoms with Gasteiger partial charge in [0.05, 0.1) is 13.2 Å². The molecule has 0 radical (unpaired) electrons. The molecule has 0 fully saturated rings. The van der Waals surface area contributed by atoms with E-state index in [0.717, 1.165) is 44.9 Å². The van der Waals surface area contributed by atoms with Crippen molar-refractivity contribution < 1.29 is 47.5 Å². The molecule has 56 heavy (non-hydrogen) atoms. The van der Waals surface area contributed by atoms with Gasteiger partial charge < -0.3 is 25.2 Å². The summed E-state index contributed by atoms with van der Waals surface area (Å²) in [6, 6.07) is -1.54. The number of carbonyl (C=O) groups excluding carboxylic acids is 2. The summed E-state index contributed by atoms with van der Waals surface area (Å²) in [5.74, 6) is -2.52. The Morgan fingerprint density at radius 3 is 1.59 bits per heavy atom. The Labute approximate surface area is 338 Å². The minimum absolute atomic E-state index is 0.0728. The quantitative estimate of drug-likeness (QED) is 0.0235. The van der Waals surface area contributed by atoms with Crippen LogP contribution in [0.3, 0.4) is 0 Å². The first-order valence-electron chi connectivity index (χ1n) is 21.0. The van der Waals surface area contributed by atoms with E-state index in [1.165, 1.54) is 64.2 Å². The Hall–Kier alpha value is -3.08. The first-order valence-corrected chi connectivity index (χ1v) is 22.5. The van der Waals surface area contributed by atoms with Gasteiger partial charge in [0.2, 0.25) is 0 Å². The van der Waals surface area contributed by atoms with E-state index in [0.29, 0.717) is 19.3 Å². The Bertz CT molecular complexity index is 1230. The van der Waals surface area contributed by atoms with Crippen molar-refractivity contribution >= 4 is 25.7 Å². The van der Waals surface area contributed by atoms with Gasteiger partial charge in [0.1, 0.15) is 12.6 Å². The molecule has 12 heteroatoms. The van der Waals surface area contributed by atoms with Crippen LogP contribution in [0.5, 0.6) is 0 Å². The smallest absolute Gasteiger partial charge is 0.472 e. The normalized spacial score (nSPS) is 14.5. The Kier molecular flexibility index (Phi) is 36.6. The van der Waals surface area contributed by atoms with Crippen LogP contribution in [-0.4, -0.2) is 59.9 Å². The van der Waals surface area contributed by atoms with Crippen LogP contribution in [0.1, 0.15) is 155 Å². The van der Waals surface area contributed by atoms with E-state index < -0.39 is 57.7 Å². The van der Waals surface area contributed by atoms with Crippen molar-refractivity contribution in [3.8, 4) is 0 Å². The molecular formula is C44H74NO10P. The monoisotopic (exact) mass is 808 g/mol. The summed E-state index contributed by atoms with van der Waals surface area (Å²) in [6.45, 7) is 2.58. The van der Waals surface area contributed by atoms with Crippen molar-refractivity contribution in [1.29, 1.82) is 0 Å². The van der Waals surface area contributed by atoms with Crippen LogP contribution in [0, 0.1) is 0 Å². The molecule has 0 aromatic carbocycles. The minimum Gasteiger partial charge on any atom is -0.480 e. The maximum atomic E-state index is 12.6. The van der Waals surface area contributed by atoms with Gasteiger partial charge in [-0.05, 0) is 64.2 Å². The molecule has 4 N–H and O–H groups in total. The summed E-state index contributed by atoms with van der Waals surface area (Å²) >= 11 is 0. The fourth-order valence-corrected chi connectivity index (χ4v) is 5.95. The van der Waals surface area contributed by atoms with Crippen LogP contribution in [0.25, 0.3) is 0 Å². The van der Waals surface area contributed by atoms with Crippen LogP contribution in [-0.2, 0) is 37.5 Å². The zero-order valence-corrected chi connectivity index (χ0v) is 35.3. The molecule has 11 nitrogen and oxygen atoms in total. The third-order valence-corrected chi connectivity index (χ3v) is 9.40. The fraction of sp³-hybridized carbons (Fsp3) is 0.659. The molecule has 0 aliphatic carbocycles. The van der Waals surface area contributed by atoms with E-state index in [2.05, 4.69) is 73.1 Å². The molecule has 1 unspecified atom stereocenters. The van der Waals surface area contributed by atoms with Gasteiger partial charge in [-0.2, -0.15) is 0 Å². The van der Waals surface area contributed by atoms with Crippen molar-refractivity contribution in [3.05, 3.63) is 72.9 Å². The molecule has 320 valence electrons. The number of carboxylic acids is 1. The number of carboxylic acid groups (broad SMARTS) is 1. The lowest BCUT2D eigenvalue weighted by Crippen LogP contribution is -2.34. The number of hydrogen-bond acceptors (Lipinski definition) is 9. The SMILES string of the molecule is CC/C=C/C/C=C/C/C=C/C/C=C/C/C=C/CCCC(=O)O[C@H](COC(=O)CC/C=C/CCCCCCCCCCCCC)COP(=O)(O)OC[C@H](N)C(=O)O. The van der Waals surface area contributed by atoms with Gasteiger partial charge >= 0.3 is 25.7 Å². The summed E-state index contributed by atoms with van der Waals surface area (Å²) in [5, 5.41) is 8.88. The standard InChI is InChI=1S/C44H74NO10P/c1-3-5-7-9-11-13-15-17-19-20-22-24-26-28-30-32-34-36-43(47)55-40(38-53-56(50,51)54-39-41(45)44(48)49)37-52-42(46)35-33-31-29-27-25-23-21-18-16-14-12-10-8-6-4-2/h5,7,11,13,17,19,22,24,28-31,40-41H,3-4,6,8-10,12,14-16,18,20-21,23,25-27,32-39,45H2,1-2H3,(H,48,49)(H,50,51)/b7-5+,13-11+,19-17+,24-22+,30-28+,31-29+/t40-,41+/m1/s1. The molecule has 0 aromatic heterocycles. The van der Waals surface area contributed by atoms with Crippen molar-refractivity contribution in [2.75, 3.05) is 19.8 Å². The predicted octanol–water partition coefficient (Wildman–Crippen LogP) is 10.9. The maximum absolute atomic E-state index is 12.6. The first kappa shape index (κ1) is 52.9. The van der Waals surface area contributed by atoms with E-state index in [-0.39, 0.29) is 12.8 Å². The maximum Gasteiger partial charge on any atom is 0.472 e. The van der Waals surface area contributed by atoms with Crippen LogP contribution in [0.15, 0.2) is 72.9 Å². The van der Waals surface area contributed by atoms with Gasteiger partial charge in [-0.25, -0.2) is 4.57 Å². The van der Waals surface area contributed by atoms with E-state index in [4.69, 9.17) is 24.8 Å². The zero-order valence-electron chi connectivity index (χ0n) is 34.4.